The van der Waals surface area contributed by atoms with Crippen LogP contribution < -0.4 is 10.1 Å². The number of hydrogen-bond donors (Lipinski definition) is 1. The number of methoxy groups -OCH3 is 1. The molecule has 2 aromatic carbocycles. The molecule has 1 atom stereocenters. The van der Waals surface area contributed by atoms with Gasteiger partial charge in [-0.25, -0.2) is 0 Å². The van der Waals surface area contributed by atoms with Crippen LogP contribution in [-0.2, 0) is 0 Å². The molecule has 0 radical (unpaired) electrons. The maximum absolute atomic E-state index is 12.3. The Hall–Kier alpha value is -1.85. The van der Waals surface area contributed by atoms with Crippen LogP contribution in [0.4, 0.5) is 0 Å². The van der Waals surface area contributed by atoms with Gasteiger partial charge in [-0.05, 0) is 50.0 Å². The van der Waals surface area contributed by atoms with Gasteiger partial charge in [-0.2, -0.15) is 0 Å². The first-order chi connectivity index (χ1) is 11.0. The predicted octanol–water partition coefficient (Wildman–Crippen LogP) is 3.49. The number of hydrogen-bond acceptors (Lipinski definition) is 3. The molecule has 1 unspecified atom stereocenters. The fourth-order valence-electron chi connectivity index (χ4n) is 2.35. The minimum Gasteiger partial charge on any atom is -0.497 e. The number of amides is 1. The lowest BCUT2D eigenvalue weighted by Gasteiger charge is -2.25. The lowest BCUT2D eigenvalue weighted by molar-refractivity contribution is 0.0942. The first-order valence-corrected chi connectivity index (χ1v) is 8.14. The second kappa shape index (κ2) is 8.13. The van der Waals surface area contributed by atoms with Gasteiger partial charge in [0.2, 0.25) is 0 Å². The molecule has 0 aromatic heterocycles. The number of nitrogens with zero attached hydrogens (tertiary/aromatic N) is 1. The van der Waals surface area contributed by atoms with Gasteiger partial charge in [-0.3, -0.25) is 4.79 Å². The van der Waals surface area contributed by atoms with E-state index in [4.69, 9.17) is 4.74 Å². The van der Waals surface area contributed by atoms with Crippen LogP contribution in [0.15, 0.2) is 53.0 Å². The fraction of sp³-hybridized carbons (Fsp3) is 0.278. The topological polar surface area (TPSA) is 41.6 Å². The van der Waals surface area contributed by atoms with Crippen molar-refractivity contribution in [3.63, 3.8) is 0 Å². The minimum atomic E-state index is -0.0772. The Balaban J connectivity index is 2.06. The van der Waals surface area contributed by atoms with Gasteiger partial charge >= 0.3 is 0 Å². The van der Waals surface area contributed by atoms with Crippen molar-refractivity contribution in [2.24, 2.45) is 0 Å². The van der Waals surface area contributed by atoms with Crippen LogP contribution in [-0.4, -0.2) is 38.6 Å². The smallest absolute Gasteiger partial charge is 0.251 e. The molecule has 0 bridgehead atoms. The van der Waals surface area contributed by atoms with Crippen LogP contribution in [0.25, 0.3) is 0 Å². The summed E-state index contributed by atoms with van der Waals surface area (Å²) >= 11 is 3.38. The average molecular weight is 377 g/mol. The van der Waals surface area contributed by atoms with Crippen LogP contribution in [0, 0.1) is 0 Å². The molecule has 1 N–H and O–H groups in total. The van der Waals surface area contributed by atoms with Crippen LogP contribution >= 0.6 is 15.9 Å². The van der Waals surface area contributed by atoms with E-state index in [1.165, 1.54) is 0 Å². The van der Waals surface area contributed by atoms with Gasteiger partial charge in [-0.1, -0.05) is 34.1 Å². The summed E-state index contributed by atoms with van der Waals surface area (Å²) in [5.74, 6) is 0.746. The van der Waals surface area contributed by atoms with Crippen molar-refractivity contribution in [1.82, 2.24) is 10.2 Å². The van der Waals surface area contributed by atoms with Gasteiger partial charge in [-0.15, -0.1) is 0 Å². The highest BCUT2D eigenvalue weighted by Crippen LogP contribution is 2.21. The van der Waals surface area contributed by atoms with E-state index in [9.17, 15) is 4.79 Å². The molecule has 0 saturated heterocycles. The molecule has 2 aromatic rings. The lowest BCUT2D eigenvalue weighted by atomic mass is 10.1. The number of ether oxygens (including phenoxy) is 1. The maximum Gasteiger partial charge on any atom is 0.251 e. The molecule has 1 amide bonds. The largest absolute Gasteiger partial charge is 0.497 e. The first kappa shape index (κ1) is 17.5. The van der Waals surface area contributed by atoms with Crippen molar-refractivity contribution in [2.45, 2.75) is 6.04 Å². The van der Waals surface area contributed by atoms with Crippen LogP contribution in [0.1, 0.15) is 22.0 Å². The monoisotopic (exact) mass is 376 g/mol. The van der Waals surface area contributed by atoms with Crippen molar-refractivity contribution in [3.8, 4) is 5.75 Å². The molecule has 5 heteroatoms. The second-order valence-corrected chi connectivity index (χ2v) is 6.39. The quantitative estimate of drug-likeness (QED) is 0.838. The Labute approximate surface area is 145 Å². The van der Waals surface area contributed by atoms with E-state index in [1.807, 2.05) is 56.6 Å². The molecule has 0 spiro atoms. The molecule has 0 heterocycles. The fourth-order valence-corrected chi connectivity index (χ4v) is 2.75. The van der Waals surface area contributed by atoms with Gasteiger partial charge in [0, 0.05) is 16.6 Å². The van der Waals surface area contributed by atoms with E-state index >= 15 is 0 Å². The van der Waals surface area contributed by atoms with Crippen molar-refractivity contribution in [2.75, 3.05) is 27.7 Å². The van der Waals surface area contributed by atoms with Crippen molar-refractivity contribution >= 4 is 21.8 Å². The van der Waals surface area contributed by atoms with Crippen LogP contribution in [0.5, 0.6) is 5.75 Å². The van der Waals surface area contributed by atoms with Crippen molar-refractivity contribution in [1.29, 1.82) is 0 Å². The average Bonchev–Trinajstić information content (AvgIpc) is 2.55. The van der Waals surface area contributed by atoms with E-state index in [0.717, 1.165) is 15.8 Å². The summed E-state index contributed by atoms with van der Waals surface area (Å²) in [5, 5.41) is 3.00. The van der Waals surface area contributed by atoms with Gasteiger partial charge in [0.15, 0.2) is 0 Å². The molecule has 0 aliphatic rings. The molecule has 0 fully saturated rings. The number of carbonyl (C=O) groups is 1. The summed E-state index contributed by atoms with van der Waals surface area (Å²) < 4.78 is 6.08. The van der Waals surface area contributed by atoms with Crippen LogP contribution in [0.2, 0.25) is 0 Å². The second-order valence-electron chi connectivity index (χ2n) is 5.47. The third kappa shape index (κ3) is 4.81. The molecule has 2 rings (SSSR count). The maximum atomic E-state index is 12.3. The number of nitrogens with one attached hydrogen (secondary N) is 1. The highest BCUT2D eigenvalue weighted by Gasteiger charge is 2.16. The summed E-state index contributed by atoms with van der Waals surface area (Å²) in [6.45, 7) is 0.532. The number of likely N-dealkylation sites (N-methyl/N-ethyl adjacent to an activating group) is 1. The van der Waals surface area contributed by atoms with Crippen molar-refractivity contribution < 1.29 is 9.53 Å². The molecular weight excluding hydrogens is 356 g/mol. The Morgan fingerprint density at radius 2 is 1.91 bits per heavy atom. The first-order valence-electron chi connectivity index (χ1n) is 7.35. The minimum absolute atomic E-state index is 0.0772. The summed E-state index contributed by atoms with van der Waals surface area (Å²) in [5.41, 5.74) is 1.77. The third-order valence-electron chi connectivity index (χ3n) is 3.67. The lowest BCUT2D eigenvalue weighted by Crippen LogP contribution is -2.34. The summed E-state index contributed by atoms with van der Waals surface area (Å²) in [6.07, 6.45) is 0. The molecule has 0 aliphatic heterocycles. The Morgan fingerprint density at radius 1 is 1.22 bits per heavy atom. The van der Waals surface area contributed by atoms with E-state index in [-0.39, 0.29) is 11.9 Å². The SMILES string of the molecule is COc1ccc(C(CNC(=O)c2cccc(Br)c2)N(C)C)cc1. The highest BCUT2D eigenvalue weighted by molar-refractivity contribution is 9.10. The normalized spacial score (nSPS) is 12.0. The Kier molecular flexibility index (Phi) is 6.19. The molecule has 122 valence electrons. The summed E-state index contributed by atoms with van der Waals surface area (Å²) in [7, 11) is 5.65. The van der Waals surface area contributed by atoms with Crippen molar-refractivity contribution in [3.05, 3.63) is 64.1 Å². The van der Waals surface area contributed by atoms with Gasteiger partial charge < -0.3 is 15.0 Å². The zero-order chi connectivity index (χ0) is 16.8. The van der Waals surface area contributed by atoms with E-state index in [2.05, 4.69) is 26.1 Å². The number of benzene rings is 2. The zero-order valence-electron chi connectivity index (χ0n) is 13.5. The summed E-state index contributed by atoms with van der Waals surface area (Å²) in [6, 6.07) is 15.4. The Bertz CT molecular complexity index is 656. The van der Waals surface area contributed by atoms with Gasteiger partial charge in [0.25, 0.3) is 5.91 Å². The number of halogens is 1. The summed E-state index contributed by atoms with van der Waals surface area (Å²) in [4.78, 5) is 14.4. The molecule has 4 nitrogen and oxygen atoms in total. The van der Waals surface area contributed by atoms with E-state index in [0.29, 0.717) is 12.1 Å². The highest BCUT2D eigenvalue weighted by atomic mass is 79.9. The molecule has 0 aliphatic carbocycles. The van der Waals surface area contributed by atoms with E-state index in [1.54, 1.807) is 13.2 Å². The third-order valence-corrected chi connectivity index (χ3v) is 4.16. The molecule has 0 saturated carbocycles. The Morgan fingerprint density at radius 3 is 2.48 bits per heavy atom. The van der Waals surface area contributed by atoms with Crippen LogP contribution in [0.3, 0.4) is 0 Å². The predicted molar refractivity (Wildman–Crippen MR) is 95.9 cm³/mol. The molecular formula is C18H21BrN2O2. The number of rotatable bonds is 6. The number of carbonyl (C=O) groups excluding carboxylic acids is 1. The standard InChI is InChI=1S/C18H21BrN2O2/c1-21(2)17(13-7-9-16(23-3)10-8-13)12-20-18(22)14-5-4-6-15(19)11-14/h4-11,17H,12H2,1-3H3,(H,20,22). The molecule has 23 heavy (non-hydrogen) atoms. The van der Waals surface area contributed by atoms with Gasteiger partial charge in [0.1, 0.15) is 5.75 Å². The zero-order valence-corrected chi connectivity index (χ0v) is 15.1. The van der Waals surface area contributed by atoms with Gasteiger partial charge in [0.05, 0.1) is 13.2 Å². The van der Waals surface area contributed by atoms with E-state index < -0.39 is 0 Å².